The van der Waals surface area contributed by atoms with Crippen molar-refractivity contribution in [2.45, 2.75) is 19.8 Å². The van der Waals surface area contributed by atoms with Crippen LogP contribution in [0.5, 0.6) is 5.75 Å². The molecule has 0 unspecified atom stereocenters. The Morgan fingerprint density at radius 2 is 1.16 bits per heavy atom. The van der Waals surface area contributed by atoms with Gasteiger partial charge in [0.25, 0.3) is 0 Å². The molecule has 4 rings (SSSR count). The molecule has 195 valence electrons. The number of unbranched alkanes of at least 4 members (excludes halogenated alkanes) is 1. The molecule has 4 aromatic carbocycles. The number of aliphatic imine (C=N–C) groups is 2. The first-order valence-electron chi connectivity index (χ1n) is 12.0. The molecule has 1 N–H and O–H groups in total. The zero-order chi connectivity index (χ0) is 24.9. The van der Waals surface area contributed by atoms with E-state index in [-0.39, 0.29) is 42.3 Å². The summed E-state index contributed by atoms with van der Waals surface area (Å²) in [5, 5.41) is 10.0. The van der Waals surface area contributed by atoms with E-state index in [0.29, 0.717) is 0 Å². The second-order valence-corrected chi connectivity index (χ2v) is 8.06. The molecular formula is C34H39N2OTi. The summed E-state index contributed by atoms with van der Waals surface area (Å²) in [6, 6.07) is 35.6. The van der Waals surface area contributed by atoms with Crippen LogP contribution >= 0.6 is 0 Å². The summed E-state index contributed by atoms with van der Waals surface area (Å²) in [5.41, 5.74) is 6.92. The average molecular weight is 540 g/mol. The third kappa shape index (κ3) is 9.81. The number of nitrogens with zero attached hydrogens (tertiary/aromatic N) is 2. The maximum Gasteiger partial charge on any atom is 3.00 e. The Morgan fingerprint density at radius 1 is 0.684 bits per heavy atom. The molecule has 4 heteroatoms. The SMILES string of the molecule is CCCCN=C(c1ccccc1)c1ccccc1O.[CH2-]c1ccccc1C(=NC)c1ccccc1.[CH3-].[CH3-].[Ti+3]. The molecule has 0 atom stereocenters. The van der Waals surface area contributed by atoms with E-state index in [4.69, 9.17) is 0 Å². The molecule has 0 spiro atoms. The first kappa shape index (κ1) is 34.6. The number of hydrogen-bond acceptors (Lipinski definition) is 3. The van der Waals surface area contributed by atoms with Crippen LogP contribution in [0.3, 0.4) is 0 Å². The molecule has 0 heterocycles. The molecule has 38 heavy (non-hydrogen) atoms. The van der Waals surface area contributed by atoms with E-state index in [9.17, 15) is 5.11 Å². The molecule has 1 radical (unpaired) electrons. The number of rotatable bonds is 7. The van der Waals surface area contributed by atoms with Crippen LogP contribution in [-0.4, -0.2) is 30.1 Å². The standard InChI is InChI=1S/C17H19NO.C15H14N.2CH3.Ti/c1-2-3-13-18-17(14-9-5-4-6-10-14)15-11-7-8-12-16(15)19;1-12-8-6-7-11-14(12)15(16-2)13-9-4-3-5-10-13;;;/h4-12,19H,2-3,13H2,1H3;3-11H,1H2,2H3;2*1H3;/q;3*-1;+3. The topological polar surface area (TPSA) is 45.0 Å². The van der Waals surface area contributed by atoms with E-state index in [1.54, 1.807) is 6.07 Å². The summed E-state index contributed by atoms with van der Waals surface area (Å²) >= 11 is 0. The fourth-order valence-electron chi connectivity index (χ4n) is 3.70. The van der Waals surface area contributed by atoms with E-state index in [2.05, 4.69) is 42.0 Å². The van der Waals surface area contributed by atoms with Gasteiger partial charge in [0.2, 0.25) is 0 Å². The van der Waals surface area contributed by atoms with Crippen molar-refractivity contribution in [1.82, 2.24) is 0 Å². The molecule has 0 saturated heterocycles. The Labute approximate surface area is 245 Å². The molecule has 4 aromatic rings. The molecule has 0 aliphatic carbocycles. The van der Waals surface area contributed by atoms with E-state index in [0.717, 1.165) is 58.6 Å². The van der Waals surface area contributed by atoms with E-state index in [1.807, 2.05) is 92.0 Å². The summed E-state index contributed by atoms with van der Waals surface area (Å²) < 4.78 is 0. The first-order valence-corrected chi connectivity index (χ1v) is 12.0. The average Bonchev–Trinajstić information content (AvgIpc) is 2.90. The van der Waals surface area contributed by atoms with Crippen LogP contribution in [0.1, 0.15) is 47.6 Å². The third-order valence-corrected chi connectivity index (χ3v) is 5.53. The Morgan fingerprint density at radius 3 is 1.66 bits per heavy atom. The number of hydrogen-bond donors (Lipinski definition) is 1. The van der Waals surface area contributed by atoms with Gasteiger partial charge in [-0.2, -0.15) is 18.6 Å². The fraction of sp³-hybridized carbons (Fsp3) is 0.147. The minimum Gasteiger partial charge on any atom is -0.507 e. The molecule has 0 aliphatic heterocycles. The van der Waals surface area contributed by atoms with E-state index < -0.39 is 0 Å². The van der Waals surface area contributed by atoms with Crippen LogP contribution in [0.4, 0.5) is 0 Å². The third-order valence-electron chi connectivity index (χ3n) is 5.53. The molecule has 0 saturated carbocycles. The Balaban J connectivity index is 0.000000675. The zero-order valence-corrected chi connectivity index (χ0v) is 24.6. The minimum atomic E-state index is 0. The smallest absolute Gasteiger partial charge is 0.507 e. The van der Waals surface area contributed by atoms with Crippen LogP contribution in [0, 0.1) is 21.8 Å². The van der Waals surface area contributed by atoms with Gasteiger partial charge in [-0.25, -0.2) is 0 Å². The Hall–Kier alpha value is -3.40. The summed E-state index contributed by atoms with van der Waals surface area (Å²) in [4.78, 5) is 9.04. The predicted molar refractivity (Wildman–Crippen MR) is 162 cm³/mol. The van der Waals surface area contributed by atoms with Crippen molar-refractivity contribution in [3.63, 3.8) is 0 Å². The van der Waals surface area contributed by atoms with E-state index in [1.165, 1.54) is 0 Å². The maximum atomic E-state index is 10.0. The van der Waals surface area contributed by atoms with Crippen molar-refractivity contribution in [2.24, 2.45) is 9.98 Å². The van der Waals surface area contributed by atoms with Gasteiger partial charge in [-0.05, 0) is 24.1 Å². The van der Waals surface area contributed by atoms with Gasteiger partial charge in [0.05, 0.1) is 5.71 Å². The second-order valence-electron chi connectivity index (χ2n) is 8.06. The monoisotopic (exact) mass is 539 g/mol. The van der Waals surface area contributed by atoms with Gasteiger partial charge in [-0.1, -0.05) is 92.2 Å². The molecule has 0 aromatic heterocycles. The number of aromatic hydroxyl groups is 1. The molecule has 0 amide bonds. The fourth-order valence-corrected chi connectivity index (χ4v) is 3.70. The summed E-state index contributed by atoms with van der Waals surface area (Å²) in [7, 11) is 1.81. The minimum absolute atomic E-state index is 0. The summed E-state index contributed by atoms with van der Waals surface area (Å²) in [6.45, 7) is 6.97. The zero-order valence-electron chi connectivity index (χ0n) is 23.1. The number of phenolic OH excluding ortho intramolecular Hbond substituents is 1. The van der Waals surface area contributed by atoms with Crippen molar-refractivity contribution in [3.8, 4) is 5.75 Å². The van der Waals surface area contributed by atoms with Crippen LogP contribution < -0.4 is 0 Å². The molecule has 0 bridgehead atoms. The van der Waals surface area contributed by atoms with Gasteiger partial charge in [0, 0.05) is 30.4 Å². The first-order chi connectivity index (χ1) is 17.2. The van der Waals surface area contributed by atoms with Crippen molar-refractivity contribution >= 4 is 11.4 Å². The van der Waals surface area contributed by atoms with Crippen molar-refractivity contribution in [2.75, 3.05) is 13.6 Å². The van der Waals surface area contributed by atoms with Gasteiger partial charge in [0.1, 0.15) is 5.75 Å². The Bertz CT molecular complexity index is 1250. The van der Waals surface area contributed by atoms with E-state index >= 15 is 0 Å². The number of para-hydroxylation sites is 1. The van der Waals surface area contributed by atoms with Crippen LogP contribution in [0.2, 0.25) is 0 Å². The number of phenols is 1. The summed E-state index contributed by atoms with van der Waals surface area (Å²) in [5.74, 6) is 0.279. The largest absolute Gasteiger partial charge is 3.00 e. The van der Waals surface area contributed by atoms with Gasteiger partial charge >= 0.3 is 21.7 Å². The molecule has 3 nitrogen and oxygen atoms in total. The van der Waals surface area contributed by atoms with Crippen molar-refractivity contribution in [3.05, 3.63) is 159 Å². The normalized spacial score (nSPS) is 10.6. The van der Waals surface area contributed by atoms with Gasteiger partial charge < -0.3 is 25.0 Å². The van der Waals surface area contributed by atoms with Gasteiger partial charge in [-0.3, -0.25) is 4.99 Å². The molecule has 0 aliphatic rings. The predicted octanol–water partition coefficient (Wildman–Crippen LogP) is 8.26. The second kappa shape index (κ2) is 18.8. The molecular weight excluding hydrogens is 500 g/mol. The van der Waals surface area contributed by atoms with Gasteiger partial charge in [0.15, 0.2) is 0 Å². The quantitative estimate of drug-likeness (QED) is 0.109. The van der Waals surface area contributed by atoms with Crippen LogP contribution in [0.25, 0.3) is 0 Å². The van der Waals surface area contributed by atoms with Crippen LogP contribution in [0.15, 0.2) is 119 Å². The Kier molecular flexibility index (Phi) is 17.1. The maximum absolute atomic E-state index is 10.0. The van der Waals surface area contributed by atoms with Crippen molar-refractivity contribution < 1.29 is 26.8 Å². The summed E-state index contributed by atoms with van der Waals surface area (Å²) in [6.07, 6.45) is 2.18. The molecule has 0 fully saturated rings. The number of benzene rings is 4. The van der Waals surface area contributed by atoms with Crippen LogP contribution in [-0.2, 0) is 21.7 Å². The van der Waals surface area contributed by atoms with Crippen molar-refractivity contribution in [1.29, 1.82) is 0 Å². The van der Waals surface area contributed by atoms with Gasteiger partial charge in [-0.15, -0.1) is 17.7 Å².